The second-order valence-corrected chi connectivity index (χ2v) is 9.02. The standard InChI is InChI=1S/C29H33N3O2/c1-4-25(23-12-6-5-7-13-23)28(33)30-26-19-21(2)15-16-27(26)32-18-10-17-31(29(32)34)20-24-14-9-8-11-22(24)3/h5-9,11-16,19,25H,4,10,17-18,20H2,1-3H3,(H,30,33)/t25-/m1/s1. The molecule has 0 radical (unpaired) electrons. The Balaban J connectivity index is 1.58. The van der Waals surface area contributed by atoms with Crippen LogP contribution in [0.4, 0.5) is 16.2 Å². The number of nitrogens with zero attached hydrogens (tertiary/aromatic N) is 2. The average Bonchev–Trinajstić information content (AvgIpc) is 2.83. The third-order valence-corrected chi connectivity index (χ3v) is 6.56. The molecule has 0 spiro atoms. The van der Waals surface area contributed by atoms with Crippen molar-refractivity contribution in [2.45, 2.75) is 46.1 Å². The Kier molecular flexibility index (Phi) is 7.31. The Morgan fingerprint density at radius 3 is 2.44 bits per heavy atom. The molecule has 0 aliphatic carbocycles. The largest absolute Gasteiger partial charge is 0.324 e. The molecule has 1 fully saturated rings. The van der Waals surface area contributed by atoms with Crippen molar-refractivity contribution in [2.24, 2.45) is 0 Å². The van der Waals surface area contributed by atoms with Crippen LogP contribution in [0, 0.1) is 13.8 Å². The first-order valence-corrected chi connectivity index (χ1v) is 12.1. The minimum atomic E-state index is -0.246. The highest BCUT2D eigenvalue weighted by Crippen LogP contribution is 2.32. The molecule has 3 aromatic rings. The molecule has 0 bridgehead atoms. The molecule has 34 heavy (non-hydrogen) atoms. The summed E-state index contributed by atoms with van der Waals surface area (Å²) in [6.07, 6.45) is 1.57. The van der Waals surface area contributed by atoms with Crippen molar-refractivity contribution in [1.82, 2.24) is 4.90 Å². The fraction of sp³-hybridized carbons (Fsp3) is 0.310. The van der Waals surface area contributed by atoms with Gasteiger partial charge < -0.3 is 10.2 Å². The van der Waals surface area contributed by atoms with E-state index >= 15 is 0 Å². The lowest BCUT2D eigenvalue weighted by Gasteiger charge is -2.37. The number of benzene rings is 3. The van der Waals surface area contributed by atoms with E-state index in [2.05, 4.69) is 24.4 Å². The van der Waals surface area contributed by atoms with Gasteiger partial charge in [0.05, 0.1) is 17.3 Å². The molecule has 1 heterocycles. The fourth-order valence-electron chi connectivity index (χ4n) is 4.61. The topological polar surface area (TPSA) is 52.7 Å². The van der Waals surface area contributed by atoms with Crippen LogP contribution in [-0.2, 0) is 11.3 Å². The quantitative estimate of drug-likeness (QED) is 0.457. The van der Waals surface area contributed by atoms with E-state index in [1.165, 1.54) is 5.56 Å². The van der Waals surface area contributed by atoms with Gasteiger partial charge in [0, 0.05) is 19.6 Å². The highest BCUT2D eigenvalue weighted by Gasteiger charge is 2.29. The van der Waals surface area contributed by atoms with Gasteiger partial charge in [-0.2, -0.15) is 0 Å². The zero-order chi connectivity index (χ0) is 24.1. The molecule has 3 aromatic carbocycles. The van der Waals surface area contributed by atoms with E-state index in [0.29, 0.717) is 25.2 Å². The van der Waals surface area contributed by atoms with E-state index in [9.17, 15) is 9.59 Å². The minimum absolute atomic E-state index is 0.0241. The van der Waals surface area contributed by atoms with Gasteiger partial charge in [-0.15, -0.1) is 0 Å². The molecule has 5 heteroatoms. The highest BCUT2D eigenvalue weighted by atomic mass is 16.2. The summed E-state index contributed by atoms with van der Waals surface area (Å²) in [5.74, 6) is -0.300. The number of aryl methyl sites for hydroxylation is 2. The van der Waals surface area contributed by atoms with Gasteiger partial charge in [-0.25, -0.2) is 4.79 Å². The van der Waals surface area contributed by atoms with Crippen molar-refractivity contribution in [3.05, 3.63) is 95.1 Å². The molecule has 1 aliphatic heterocycles. The van der Waals surface area contributed by atoms with E-state index in [0.717, 1.165) is 35.3 Å². The number of hydrogen-bond acceptors (Lipinski definition) is 2. The number of nitrogens with one attached hydrogen (secondary N) is 1. The van der Waals surface area contributed by atoms with Crippen LogP contribution < -0.4 is 10.2 Å². The molecule has 4 rings (SSSR count). The van der Waals surface area contributed by atoms with Gasteiger partial charge in [0.1, 0.15) is 0 Å². The zero-order valence-electron chi connectivity index (χ0n) is 20.3. The van der Waals surface area contributed by atoms with Crippen LogP contribution in [0.2, 0.25) is 0 Å². The summed E-state index contributed by atoms with van der Waals surface area (Å²) in [5, 5.41) is 3.14. The van der Waals surface area contributed by atoms with Crippen molar-refractivity contribution < 1.29 is 9.59 Å². The van der Waals surface area contributed by atoms with Gasteiger partial charge in [0.25, 0.3) is 0 Å². The first kappa shape index (κ1) is 23.6. The van der Waals surface area contributed by atoms with Crippen LogP contribution in [0.1, 0.15) is 47.9 Å². The number of anilines is 2. The normalized spacial score (nSPS) is 14.7. The zero-order valence-corrected chi connectivity index (χ0v) is 20.3. The first-order valence-electron chi connectivity index (χ1n) is 12.1. The van der Waals surface area contributed by atoms with Crippen molar-refractivity contribution in [3.63, 3.8) is 0 Å². The smallest absolute Gasteiger partial charge is 0.324 e. The Labute approximate surface area is 202 Å². The van der Waals surface area contributed by atoms with Crippen molar-refractivity contribution >= 4 is 23.3 Å². The van der Waals surface area contributed by atoms with Gasteiger partial charge in [-0.1, -0.05) is 67.6 Å². The maximum Gasteiger partial charge on any atom is 0.324 e. The maximum absolute atomic E-state index is 13.5. The lowest BCUT2D eigenvalue weighted by molar-refractivity contribution is -0.117. The van der Waals surface area contributed by atoms with E-state index in [1.807, 2.05) is 79.4 Å². The molecule has 5 nitrogen and oxygen atoms in total. The van der Waals surface area contributed by atoms with Crippen molar-refractivity contribution in [2.75, 3.05) is 23.3 Å². The van der Waals surface area contributed by atoms with Crippen LogP contribution in [0.5, 0.6) is 0 Å². The summed E-state index contributed by atoms with van der Waals surface area (Å²) in [6, 6.07) is 23.9. The third-order valence-electron chi connectivity index (χ3n) is 6.56. The number of carbonyl (C=O) groups is 2. The van der Waals surface area contributed by atoms with Crippen LogP contribution in [0.25, 0.3) is 0 Å². The lowest BCUT2D eigenvalue weighted by atomic mass is 9.95. The van der Waals surface area contributed by atoms with Crippen molar-refractivity contribution in [1.29, 1.82) is 0 Å². The molecule has 0 saturated carbocycles. The molecule has 3 amide bonds. The fourth-order valence-corrected chi connectivity index (χ4v) is 4.61. The van der Waals surface area contributed by atoms with Crippen LogP contribution in [-0.4, -0.2) is 29.9 Å². The number of rotatable bonds is 7. The molecule has 1 atom stereocenters. The summed E-state index contributed by atoms with van der Waals surface area (Å²) in [5.41, 5.74) is 5.81. The Bertz CT molecular complexity index is 1160. The van der Waals surface area contributed by atoms with Gasteiger partial charge >= 0.3 is 6.03 Å². The van der Waals surface area contributed by atoms with Gasteiger partial charge in [-0.05, 0) is 61.1 Å². The maximum atomic E-state index is 13.5. The molecular weight excluding hydrogens is 422 g/mol. The first-order chi connectivity index (χ1) is 16.5. The molecule has 1 saturated heterocycles. The summed E-state index contributed by atoms with van der Waals surface area (Å²) in [6.45, 7) is 8.03. The Morgan fingerprint density at radius 2 is 1.71 bits per heavy atom. The molecule has 0 unspecified atom stereocenters. The monoisotopic (exact) mass is 455 g/mol. The lowest BCUT2D eigenvalue weighted by Crippen LogP contribution is -2.49. The van der Waals surface area contributed by atoms with E-state index in [1.54, 1.807) is 4.90 Å². The number of amides is 3. The Hall–Kier alpha value is -3.60. The number of carbonyl (C=O) groups excluding carboxylic acids is 2. The predicted molar refractivity (Wildman–Crippen MR) is 138 cm³/mol. The Morgan fingerprint density at radius 1 is 0.971 bits per heavy atom. The summed E-state index contributed by atoms with van der Waals surface area (Å²) < 4.78 is 0. The number of urea groups is 1. The molecule has 1 aliphatic rings. The van der Waals surface area contributed by atoms with Crippen molar-refractivity contribution in [3.8, 4) is 0 Å². The van der Waals surface area contributed by atoms with Gasteiger partial charge in [-0.3, -0.25) is 9.69 Å². The van der Waals surface area contributed by atoms with Gasteiger partial charge in [0.15, 0.2) is 0 Å². The van der Waals surface area contributed by atoms with Gasteiger partial charge in [0.2, 0.25) is 5.91 Å². The molecular formula is C29H33N3O2. The third kappa shape index (κ3) is 5.14. The molecule has 0 aromatic heterocycles. The predicted octanol–water partition coefficient (Wildman–Crippen LogP) is 6.27. The molecule has 176 valence electrons. The van der Waals surface area contributed by atoms with Crippen LogP contribution in [0.3, 0.4) is 0 Å². The molecule has 1 N–H and O–H groups in total. The van der Waals surface area contributed by atoms with Crippen LogP contribution in [0.15, 0.2) is 72.8 Å². The van der Waals surface area contributed by atoms with E-state index in [-0.39, 0.29) is 17.9 Å². The minimum Gasteiger partial charge on any atom is -0.324 e. The summed E-state index contributed by atoms with van der Waals surface area (Å²) >= 11 is 0. The van der Waals surface area contributed by atoms with E-state index in [4.69, 9.17) is 0 Å². The summed E-state index contributed by atoms with van der Waals surface area (Å²) in [7, 11) is 0. The summed E-state index contributed by atoms with van der Waals surface area (Å²) in [4.78, 5) is 30.5. The van der Waals surface area contributed by atoms with Crippen LogP contribution >= 0.6 is 0 Å². The highest BCUT2D eigenvalue weighted by molar-refractivity contribution is 6.02. The second kappa shape index (κ2) is 10.6. The number of hydrogen-bond donors (Lipinski definition) is 1. The average molecular weight is 456 g/mol. The van der Waals surface area contributed by atoms with E-state index < -0.39 is 0 Å². The SMILES string of the molecule is CC[C@@H](C(=O)Nc1cc(C)ccc1N1CCCN(Cc2ccccc2C)C1=O)c1ccccc1. The second-order valence-electron chi connectivity index (χ2n) is 9.02.